The third-order valence-electron chi connectivity index (χ3n) is 2.91. The van der Waals surface area contributed by atoms with E-state index in [4.69, 9.17) is 17.3 Å². The van der Waals surface area contributed by atoms with Gasteiger partial charge in [-0.2, -0.15) is 11.8 Å². The summed E-state index contributed by atoms with van der Waals surface area (Å²) in [6, 6.07) is 2.44. The first-order valence-corrected chi connectivity index (χ1v) is 8.83. The third kappa shape index (κ3) is 3.61. The minimum atomic E-state index is 0.322. The molecule has 0 aliphatic carbocycles. The van der Waals surface area contributed by atoms with Crippen molar-refractivity contribution in [2.75, 3.05) is 31.1 Å². The molecule has 2 nitrogen and oxygen atoms in total. The van der Waals surface area contributed by atoms with Crippen LogP contribution in [0.2, 0.25) is 4.34 Å². The lowest BCUT2D eigenvalue weighted by Gasteiger charge is -2.28. The second kappa shape index (κ2) is 6.78. The van der Waals surface area contributed by atoms with Crippen LogP contribution in [-0.4, -0.2) is 36.0 Å². The van der Waals surface area contributed by atoms with E-state index in [1.54, 1.807) is 11.3 Å². The summed E-state index contributed by atoms with van der Waals surface area (Å²) in [5.74, 6) is 2.47. The molecule has 0 aromatic carbocycles. The SMILES string of the molecule is NCC(c1cc(Br)c(Cl)s1)N1CCCSCC1. The van der Waals surface area contributed by atoms with E-state index in [0.29, 0.717) is 12.6 Å². The Labute approximate surface area is 124 Å². The fraction of sp³-hybridized carbons (Fsp3) is 0.636. The van der Waals surface area contributed by atoms with Crippen LogP contribution in [0.25, 0.3) is 0 Å². The van der Waals surface area contributed by atoms with Crippen molar-refractivity contribution in [1.82, 2.24) is 4.90 Å². The van der Waals surface area contributed by atoms with Gasteiger partial charge in [-0.25, -0.2) is 0 Å². The van der Waals surface area contributed by atoms with Gasteiger partial charge in [-0.05, 0) is 40.7 Å². The number of nitrogens with zero attached hydrogens (tertiary/aromatic N) is 1. The number of rotatable bonds is 3. The first kappa shape index (κ1) is 14.2. The number of nitrogens with two attached hydrogens (primary N) is 1. The van der Waals surface area contributed by atoms with Crippen molar-refractivity contribution in [3.8, 4) is 0 Å². The number of thiophene rings is 1. The maximum Gasteiger partial charge on any atom is 0.107 e. The second-order valence-electron chi connectivity index (χ2n) is 4.02. The Bertz CT molecular complexity index is 345. The molecule has 1 saturated heterocycles. The summed E-state index contributed by atoms with van der Waals surface area (Å²) in [6.45, 7) is 2.93. The largest absolute Gasteiger partial charge is 0.329 e. The van der Waals surface area contributed by atoms with E-state index in [9.17, 15) is 0 Å². The van der Waals surface area contributed by atoms with E-state index in [1.165, 1.54) is 22.8 Å². The fourth-order valence-electron chi connectivity index (χ4n) is 2.05. The van der Waals surface area contributed by atoms with Crippen LogP contribution in [0.5, 0.6) is 0 Å². The van der Waals surface area contributed by atoms with Crippen LogP contribution < -0.4 is 5.73 Å². The molecule has 1 fully saturated rings. The number of hydrogen-bond donors (Lipinski definition) is 1. The molecule has 2 N–H and O–H groups in total. The van der Waals surface area contributed by atoms with Crippen molar-refractivity contribution in [2.45, 2.75) is 12.5 Å². The molecule has 1 aliphatic rings. The molecular formula is C11H16BrClN2S2. The smallest absolute Gasteiger partial charge is 0.107 e. The molecule has 1 aliphatic heterocycles. The molecule has 2 rings (SSSR count). The summed E-state index contributed by atoms with van der Waals surface area (Å²) in [5, 5.41) is 0. The molecule has 1 aromatic heterocycles. The highest BCUT2D eigenvalue weighted by Crippen LogP contribution is 2.37. The Morgan fingerprint density at radius 2 is 2.29 bits per heavy atom. The van der Waals surface area contributed by atoms with Crippen molar-refractivity contribution in [2.24, 2.45) is 5.73 Å². The molecule has 0 saturated carbocycles. The monoisotopic (exact) mass is 354 g/mol. The van der Waals surface area contributed by atoms with Crippen molar-refractivity contribution in [3.05, 3.63) is 19.8 Å². The lowest BCUT2D eigenvalue weighted by molar-refractivity contribution is 0.221. The molecule has 0 bridgehead atoms. The molecule has 0 amide bonds. The van der Waals surface area contributed by atoms with Gasteiger partial charge in [0.15, 0.2) is 0 Å². The van der Waals surface area contributed by atoms with Crippen LogP contribution in [-0.2, 0) is 0 Å². The van der Waals surface area contributed by atoms with Gasteiger partial charge in [-0.15, -0.1) is 11.3 Å². The van der Waals surface area contributed by atoms with Crippen molar-refractivity contribution in [3.63, 3.8) is 0 Å². The summed E-state index contributed by atoms with van der Waals surface area (Å²) in [5.41, 5.74) is 5.95. The Kier molecular flexibility index (Phi) is 5.64. The summed E-state index contributed by atoms with van der Waals surface area (Å²) in [4.78, 5) is 3.77. The third-order valence-corrected chi connectivity index (χ3v) is 6.54. The Balaban J connectivity index is 2.13. The molecule has 17 heavy (non-hydrogen) atoms. The quantitative estimate of drug-likeness (QED) is 0.898. The molecule has 1 unspecified atom stereocenters. The lowest BCUT2D eigenvalue weighted by Crippen LogP contribution is -2.34. The van der Waals surface area contributed by atoms with Gasteiger partial charge in [-0.3, -0.25) is 4.90 Å². The lowest BCUT2D eigenvalue weighted by atomic mass is 10.2. The Hall–Kier alpha value is 0.740. The summed E-state index contributed by atoms with van der Waals surface area (Å²) < 4.78 is 1.81. The molecule has 1 aromatic rings. The molecular weight excluding hydrogens is 340 g/mol. The predicted octanol–water partition coefficient (Wildman–Crippen LogP) is 3.60. The van der Waals surface area contributed by atoms with Crippen LogP contribution in [0.15, 0.2) is 10.5 Å². The van der Waals surface area contributed by atoms with E-state index in [0.717, 1.165) is 21.9 Å². The van der Waals surface area contributed by atoms with Crippen LogP contribution >= 0.6 is 50.6 Å². The van der Waals surface area contributed by atoms with E-state index in [-0.39, 0.29) is 0 Å². The van der Waals surface area contributed by atoms with Crippen molar-refractivity contribution in [1.29, 1.82) is 0 Å². The van der Waals surface area contributed by atoms with Crippen LogP contribution in [0.4, 0.5) is 0 Å². The maximum absolute atomic E-state index is 6.11. The minimum Gasteiger partial charge on any atom is -0.329 e. The van der Waals surface area contributed by atoms with Crippen LogP contribution in [0.3, 0.4) is 0 Å². The van der Waals surface area contributed by atoms with Gasteiger partial charge in [0.2, 0.25) is 0 Å². The van der Waals surface area contributed by atoms with Gasteiger partial charge in [0.1, 0.15) is 4.34 Å². The number of thioether (sulfide) groups is 1. The number of hydrogen-bond acceptors (Lipinski definition) is 4. The average Bonchev–Trinajstić information content (AvgIpc) is 2.56. The molecule has 6 heteroatoms. The fourth-order valence-corrected chi connectivity index (χ4v) is 4.83. The maximum atomic E-state index is 6.11. The van der Waals surface area contributed by atoms with Gasteiger partial charge in [0.25, 0.3) is 0 Å². The summed E-state index contributed by atoms with van der Waals surface area (Å²) in [6.07, 6.45) is 1.25. The molecule has 96 valence electrons. The highest BCUT2D eigenvalue weighted by molar-refractivity contribution is 9.10. The summed E-state index contributed by atoms with van der Waals surface area (Å²) in [7, 11) is 0. The first-order valence-electron chi connectivity index (χ1n) is 5.69. The standard InChI is InChI=1S/C11H16BrClN2S2/c12-8-6-10(17-11(8)13)9(7-14)15-2-1-4-16-5-3-15/h6,9H,1-5,7,14H2. The Morgan fingerprint density at radius 3 is 2.94 bits per heavy atom. The van der Waals surface area contributed by atoms with Gasteiger partial charge in [0.05, 0.1) is 6.04 Å². The van der Waals surface area contributed by atoms with Crippen molar-refractivity contribution >= 4 is 50.6 Å². The zero-order valence-corrected chi connectivity index (χ0v) is 13.5. The van der Waals surface area contributed by atoms with Gasteiger partial charge >= 0.3 is 0 Å². The predicted molar refractivity (Wildman–Crippen MR) is 82.3 cm³/mol. The highest BCUT2D eigenvalue weighted by atomic mass is 79.9. The number of halogens is 2. The van der Waals surface area contributed by atoms with Gasteiger partial charge in [-0.1, -0.05) is 11.6 Å². The average molecular weight is 356 g/mol. The van der Waals surface area contributed by atoms with E-state index in [2.05, 4.69) is 26.9 Å². The van der Waals surface area contributed by atoms with Gasteiger partial charge in [0, 0.05) is 28.2 Å². The van der Waals surface area contributed by atoms with Crippen LogP contribution in [0, 0.1) is 0 Å². The molecule has 1 atom stereocenters. The highest BCUT2D eigenvalue weighted by Gasteiger charge is 2.22. The normalized spacial score (nSPS) is 20.2. The second-order valence-corrected chi connectivity index (χ2v) is 7.79. The van der Waals surface area contributed by atoms with E-state index < -0.39 is 0 Å². The van der Waals surface area contributed by atoms with Crippen LogP contribution in [0.1, 0.15) is 17.3 Å². The minimum absolute atomic E-state index is 0.322. The molecule has 0 spiro atoms. The van der Waals surface area contributed by atoms with E-state index in [1.807, 2.05) is 11.8 Å². The van der Waals surface area contributed by atoms with Gasteiger partial charge < -0.3 is 5.73 Å². The zero-order valence-electron chi connectivity index (χ0n) is 9.49. The first-order chi connectivity index (χ1) is 8.22. The zero-order chi connectivity index (χ0) is 12.3. The van der Waals surface area contributed by atoms with Crippen molar-refractivity contribution < 1.29 is 0 Å². The Morgan fingerprint density at radius 1 is 1.47 bits per heavy atom. The van der Waals surface area contributed by atoms with E-state index >= 15 is 0 Å². The molecule has 0 radical (unpaired) electrons. The topological polar surface area (TPSA) is 29.3 Å². The summed E-state index contributed by atoms with van der Waals surface area (Å²) >= 11 is 13.3. The molecule has 2 heterocycles.